The van der Waals surface area contributed by atoms with Crippen LogP contribution in [0.2, 0.25) is 0 Å². The third kappa shape index (κ3) is 4.17. The van der Waals surface area contributed by atoms with E-state index < -0.39 is 0 Å². The van der Waals surface area contributed by atoms with Gasteiger partial charge in [-0.25, -0.2) is 13.8 Å². The minimum atomic E-state index is -0.376. The van der Waals surface area contributed by atoms with Crippen molar-refractivity contribution in [2.75, 3.05) is 26.2 Å². The van der Waals surface area contributed by atoms with Gasteiger partial charge in [-0.2, -0.15) is 10.2 Å². The first kappa shape index (κ1) is 20.1. The Balaban J connectivity index is 1.18. The van der Waals surface area contributed by atoms with Gasteiger partial charge in [0.15, 0.2) is 0 Å². The lowest BCUT2D eigenvalue weighted by Crippen LogP contribution is -2.48. The summed E-state index contributed by atoms with van der Waals surface area (Å²) in [5.41, 5.74) is 2.96. The van der Waals surface area contributed by atoms with Gasteiger partial charge in [0.25, 0.3) is 5.91 Å². The summed E-state index contributed by atoms with van der Waals surface area (Å²) in [5.74, 6) is -0.456. The molecule has 5 rings (SSSR count). The first-order valence-corrected chi connectivity index (χ1v) is 10.6. The second-order valence-electron chi connectivity index (χ2n) is 7.82. The number of carbonyl (C=O) groups excluding carboxylic acids is 1. The van der Waals surface area contributed by atoms with Crippen LogP contribution in [-0.4, -0.2) is 61.4 Å². The van der Waals surface area contributed by atoms with Crippen LogP contribution in [0.1, 0.15) is 15.9 Å². The van der Waals surface area contributed by atoms with Gasteiger partial charge >= 0.3 is 0 Å². The maximum atomic E-state index is 14.0. The van der Waals surface area contributed by atoms with E-state index in [1.165, 1.54) is 16.9 Å². The van der Waals surface area contributed by atoms with E-state index in [0.717, 1.165) is 30.9 Å². The second-order valence-corrected chi connectivity index (χ2v) is 7.82. The van der Waals surface area contributed by atoms with E-state index in [-0.39, 0.29) is 11.7 Å². The third-order valence-corrected chi connectivity index (χ3v) is 5.65. The van der Waals surface area contributed by atoms with Gasteiger partial charge < -0.3 is 4.90 Å². The Morgan fingerprint density at radius 2 is 1.56 bits per heavy atom. The first-order valence-electron chi connectivity index (χ1n) is 10.6. The summed E-state index contributed by atoms with van der Waals surface area (Å²) in [5, 5.41) is 8.63. The Hall–Kier alpha value is -3.78. The Morgan fingerprint density at radius 1 is 0.844 bits per heavy atom. The fourth-order valence-electron chi connectivity index (χ4n) is 3.92. The number of benzene rings is 2. The molecule has 0 spiro atoms. The molecule has 32 heavy (non-hydrogen) atoms. The molecular weight excluding hydrogens is 407 g/mol. The SMILES string of the molecule is O=C(c1cnn(-c2ccccc2F)c1)N1CCN(Cc2cnn(-c3ccccc3)c2)CC1. The molecule has 1 aliphatic rings. The Labute approximate surface area is 185 Å². The molecule has 1 amide bonds. The van der Waals surface area contributed by atoms with Crippen LogP contribution in [0.5, 0.6) is 0 Å². The molecule has 0 saturated carbocycles. The lowest BCUT2D eigenvalue weighted by atomic mass is 10.2. The number of hydrogen-bond donors (Lipinski definition) is 0. The van der Waals surface area contributed by atoms with Crippen molar-refractivity contribution in [3.05, 3.63) is 96.3 Å². The zero-order valence-corrected chi connectivity index (χ0v) is 17.5. The fourth-order valence-corrected chi connectivity index (χ4v) is 3.92. The Kier molecular flexibility index (Phi) is 5.51. The van der Waals surface area contributed by atoms with E-state index in [1.54, 1.807) is 24.4 Å². The zero-order chi connectivity index (χ0) is 21.9. The molecule has 8 heteroatoms. The molecule has 0 aliphatic carbocycles. The third-order valence-electron chi connectivity index (χ3n) is 5.65. The molecule has 0 N–H and O–H groups in total. The van der Waals surface area contributed by atoms with Gasteiger partial charge in [0.2, 0.25) is 0 Å². The van der Waals surface area contributed by atoms with Crippen molar-refractivity contribution in [3.63, 3.8) is 0 Å². The van der Waals surface area contributed by atoms with Crippen LogP contribution in [0.3, 0.4) is 0 Å². The molecule has 3 heterocycles. The largest absolute Gasteiger partial charge is 0.336 e. The van der Waals surface area contributed by atoms with Crippen molar-refractivity contribution in [3.8, 4) is 11.4 Å². The van der Waals surface area contributed by atoms with E-state index >= 15 is 0 Å². The lowest BCUT2D eigenvalue weighted by Gasteiger charge is -2.34. The van der Waals surface area contributed by atoms with Crippen molar-refractivity contribution < 1.29 is 9.18 Å². The van der Waals surface area contributed by atoms with Crippen LogP contribution in [-0.2, 0) is 6.54 Å². The highest BCUT2D eigenvalue weighted by atomic mass is 19.1. The van der Waals surface area contributed by atoms with E-state index in [9.17, 15) is 9.18 Å². The first-order chi connectivity index (χ1) is 15.7. The summed E-state index contributed by atoms with van der Waals surface area (Å²) in [7, 11) is 0. The molecule has 0 unspecified atom stereocenters. The minimum absolute atomic E-state index is 0.0795. The number of aromatic nitrogens is 4. The predicted octanol–water partition coefficient (Wildman–Crippen LogP) is 3.16. The molecule has 0 bridgehead atoms. The summed E-state index contributed by atoms with van der Waals surface area (Å²) in [6.45, 7) is 3.63. The van der Waals surface area contributed by atoms with Crippen molar-refractivity contribution in [1.29, 1.82) is 0 Å². The van der Waals surface area contributed by atoms with Gasteiger partial charge in [0.05, 0.1) is 23.6 Å². The molecule has 4 aromatic rings. The monoisotopic (exact) mass is 430 g/mol. The van der Waals surface area contributed by atoms with Crippen LogP contribution < -0.4 is 0 Å². The molecule has 2 aromatic heterocycles. The highest BCUT2D eigenvalue weighted by Crippen LogP contribution is 2.16. The number of carbonyl (C=O) groups is 1. The zero-order valence-electron chi connectivity index (χ0n) is 17.5. The maximum Gasteiger partial charge on any atom is 0.257 e. The Bertz CT molecular complexity index is 1210. The number of hydrogen-bond acceptors (Lipinski definition) is 4. The van der Waals surface area contributed by atoms with Crippen LogP contribution >= 0.6 is 0 Å². The molecule has 0 radical (unpaired) electrons. The van der Waals surface area contributed by atoms with Crippen LogP contribution in [0.4, 0.5) is 4.39 Å². The van der Waals surface area contributed by atoms with Gasteiger partial charge in [-0.05, 0) is 24.3 Å². The van der Waals surface area contributed by atoms with Gasteiger partial charge in [0.1, 0.15) is 11.5 Å². The van der Waals surface area contributed by atoms with Crippen LogP contribution in [0.25, 0.3) is 11.4 Å². The molecule has 0 atom stereocenters. The summed E-state index contributed by atoms with van der Waals surface area (Å²) in [6.07, 6.45) is 7.02. The quantitative estimate of drug-likeness (QED) is 0.488. The highest BCUT2D eigenvalue weighted by molar-refractivity contribution is 5.93. The summed E-state index contributed by atoms with van der Waals surface area (Å²) in [6, 6.07) is 16.4. The molecule has 2 aromatic carbocycles. The van der Waals surface area contributed by atoms with E-state index in [0.29, 0.717) is 24.3 Å². The van der Waals surface area contributed by atoms with Crippen LogP contribution in [0, 0.1) is 5.82 Å². The predicted molar refractivity (Wildman–Crippen MR) is 118 cm³/mol. The molecule has 1 saturated heterocycles. The van der Waals surface area contributed by atoms with Gasteiger partial charge in [0, 0.05) is 50.7 Å². The summed E-state index contributed by atoms with van der Waals surface area (Å²) >= 11 is 0. The highest BCUT2D eigenvalue weighted by Gasteiger charge is 2.23. The average molecular weight is 430 g/mol. The van der Waals surface area contributed by atoms with E-state index in [4.69, 9.17) is 0 Å². The molecule has 1 aliphatic heterocycles. The molecule has 7 nitrogen and oxygen atoms in total. The number of nitrogens with zero attached hydrogens (tertiary/aromatic N) is 6. The Morgan fingerprint density at radius 3 is 2.34 bits per heavy atom. The van der Waals surface area contributed by atoms with Crippen molar-refractivity contribution in [2.24, 2.45) is 0 Å². The van der Waals surface area contributed by atoms with Crippen molar-refractivity contribution >= 4 is 5.91 Å². The van der Waals surface area contributed by atoms with Gasteiger partial charge in [-0.1, -0.05) is 30.3 Å². The number of rotatable bonds is 5. The number of halogens is 1. The smallest absolute Gasteiger partial charge is 0.257 e. The van der Waals surface area contributed by atoms with Crippen molar-refractivity contribution in [2.45, 2.75) is 6.54 Å². The maximum absolute atomic E-state index is 14.0. The topological polar surface area (TPSA) is 59.2 Å². The fraction of sp³-hybridized carbons (Fsp3) is 0.208. The second kappa shape index (κ2) is 8.76. The van der Waals surface area contributed by atoms with E-state index in [1.807, 2.05) is 52.3 Å². The standard InChI is InChI=1S/C24H23FN6O/c25-22-8-4-5-9-23(22)31-18-20(15-27-31)24(32)29-12-10-28(11-13-29)16-19-14-26-30(17-19)21-6-2-1-3-7-21/h1-9,14-15,17-18H,10-13,16H2. The molecule has 1 fully saturated rings. The van der Waals surface area contributed by atoms with Crippen molar-refractivity contribution in [1.82, 2.24) is 29.4 Å². The van der Waals surface area contributed by atoms with Gasteiger partial charge in [-0.3, -0.25) is 9.69 Å². The number of amides is 1. The molecule has 162 valence electrons. The number of para-hydroxylation sites is 2. The number of piperazine rings is 1. The van der Waals surface area contributed by atoms with E-state index in [2.05, 4.69) is 15.1 Å². The van der Waals surface area contributed by atoms with Gasteiger partial charge in [-0.15, -0.1) is 0 Å². The lowest BCUT2D eigenvalue weighted by molar-refractivity contribution is 0.0628. The minimum Gasteiger partial charge on any atom is -0.336 e. The summed E-state index contributed by atoms with van der Waals surface area (Å²) < 4.78 is 17.3. The molecular formula is C24H23FN6O. The normalized spacial score (nSPS) is 14.6. The van der Waals surface area contributed by atoms with Crippen LogP contribution in [0.15, 0.2) is 79.4 Å². The average Bonchev–Trinajstić information content (AvgIpc) is 3.50. The summed E-state index contributed by atoms with van der Waals surface area (Å²) in [4.78, 5) is 17.0.